The zero-order chi connectivity index (χ0) is 16.3. The number of nitrogens with zero attached hydrogens (tertiary/aromatic N) is 1. The second-order valence-electron chi connectivity index (χ2n) is 6.61. The van der Waals surface area contributed by atoms with Gasteiger partial charge in [0, 0.05) is 18.0 Å². The molecule has 2 rings (SSSR count). The largest absolute Gasteiger partial charge is 0.444 e. The van der Waals surface area contributed by atoms with Crippen molar-refractivity contribution in [1.29, 1.82) is 0 Å². The van der Waals surface area contributed by atoms with E-state index in [1.165, 1.54) is 4.21 Å². The number of carbonyl (C=O) groups is 1. The third-order valence-corrected chi connectivity index (χ3v) is 5.97. The summed E-state index contributed by atoms with van der Waals surface area (Å²) in [4.78, 5) is 14.8. The van der Waals surface area contributed by atoms with Crippen LogP contribution in [0.1, 0.15) is 44.6 Å². The molecule has 0 bridgehead atoms. The van der Waals surface area contributed by atoms with Gasteiger partial charge in [-0.3, -0.25) is 0 Å². The fraction of sp³-hybridized carbons (Fsp3) is 0.688. The Labute approximate surface area is 140 Å². The Bertz CT molecular complexity index is 502. The molecule has 1 aromatic heterocycles. The smallest absolute Gasteiger partial charge is 0.410 e. The molecule has 4 nitrogen and oxygen atoms in total. The van der Waals surface area contributed by atoms with Crippen LogP contribution in [0, 0.1) is 5.92 Å². The van der Waals surface area contributed by atoms with Crippen LogP contribution in [0.25, 0.3) is 0 Å². The molecule has 1 amide bonds. The summed E-state index contributed by atoms with van der Waals surface area (Å²) >= 11 is 3.36. The third kappa shape index (κ3) is 4.64. The van der Waals surface area contributed by atoms with E-state index < -0.39 is 11.7 Å². The molecule has 1 fully saturated rings. The van der Waals surface area contributed by atoms with Gasteiger partial charge in [0.05, 0.1) is 10.3 Å². The highest BCUT2D eigenvalue weighted by molar-refractivity contribution is 8.00. The summed E-state index contributed by atoms with van der Waals surface area (Å²) in [6, 6.07) is 4.07. The van der Waals surface area contributed by atoms with E-state index in [4.69, 9.17) is 4.74 Å². The standard InChI is InChI=1S/C16H25NO3S2/c1-16(2,3)20-15(19)17-9-7-11(8-10-17)14(18)12-5-6-13(21-4)22-12/h5-6,11,14,18H,7-10H2,1-4H3. The minimum Gasteiger partial charge on any atom is -0.444 e. The first-order valence-corrected chi connectivity index (χ1v) is 9.64. The van der Waals surface area contributed by atoms with E-state index in [0.717, 1.165) is 17.7 Å². The lowest BCUT2D eigenvalue weighted by Crippen LogP contribution is -2.42. The van der Waals surface area contributed by atoms with E-state index in [2.05, 4.69) is 6.07 Å². The average Bonchev–Trinajstić information content (AvgIpc) is 2.94. The van der Waals surface area contributed by atoms with Crippen LogP contribution in [0.5, 0.6) is 0 Å². The summed E-state index contributed by atoms with van der Waals surface area (Å²) in [6.45, 7) is 6.93. The quantitative estimate of drug-likeness (QED) is 0.838. The van der Waals surface area contributed by atoms with Crippen molar-refractivity contribution in [3.8, 4) is 0 Å². The lowest BCUT2D eigenvalue weighted by atomic mass is 9.90. The van der Waals surface area contributed by atoms with Crippen molar-refractivity contribution < 1.29 is 14.6 Å². The van der Waals surface area contributed by atoms with Gasteiger partial charge in [-0.15, -0.1) is 23.1 Å². The highest BCUT2D eigenvalue weighted by Gasteiger charge is 2.31. The van der Waals surface area contributed by atoms with Crippen molar-refractivity contribution in [2.45, 2.75) is 49.5 Å². The maximum Gasteiger partial charge on any atom is 0.410 e. The Morgan fingerprint density at radius 1 is 1.41 bits per heavy atom. The maximum absolute atomic E-state index is 12.0. The monoisotopic (exact) mass is 343 g/mol. The fourth-order valence-corrected chi connectivity index (χ4v) is 4.20. The number of likely N-dealkylation sites (tertiary alicyclic amines) is 1. The summed E-state index contributed by atoms with van der Waals surface area (Å²) < 4.78 is 6.62. The molecule has 1 aliphatic heterocycles. The SMILES string of the molecule is CSc1ccc(C(O)C2CCN(C(=O)OC(C)(C)C)CC2)s1. The van der Waals surface area contributed by atoms with E-state index in [9.17, 15) is 9.90 Å². The lowest BCUT2D eigenvalue weighted by molar-refractivity contribution is 0.00809. The van der Waals surface area contributed by atoms with Crippen molar-refractivity contribution in [1.82, 2.24) is 4.90 Å². The topological polar surface area (TPSA) is 49.8 Å². The van der Waals surface area contributed by atoms with Gasteiger partial charge >= 0.3 is 6.09 Å². The first kappa shape index (κ1) is 17.6. The number of amides is 1. The first-order valence-electron chi connectivity index (χ1n) is 7.60. The molecule has 1 unspecified atom stereocenters. The molecular formula is C16H25NO3S2. The Morgan fingerprint density at radius 2 is 2.05 bits per heavy atom. The van der Waals surface area contributed by atoms with Gasteiger partial charge in [0.1, 0.15) is 5.60 Å². The summed E-state index contributed by atoms with van der Waals surface area (Å²) in [5, 5.41) is 10.5. The Morgan fingerprint density at radius 3 is 2.55 bits per heavy atom. The molecule has 1 N–H and O–H groups in total. The van der Waals surface area contributed by atoms with Gasteiger partial charge in [0.25, 0.3) is 0 Å². The van der Waals surface area contributed by atoms with Crippen LogP contribution in [-0.4, -0.2) is 41.0 Å². The number of thiophene rings is 1. The summed E-state index contributed by atoms with van der Waals surface area (Å²) in [6.07, 6.45) is 2.99. The van der Waals surface area contributed by atoms with E-state index in [1.807, 2.05) is 33.1 Å². The normalized spacial score (nSPS) is 18.3. The van der Waals surface area contributed by atoms with Crippen molar-refractivity contribution in [3.05, 3.63) is 17.0 Å². The highest BCUT2D eigenvalue weighted by Crippen LogP contribution is 2.36. The van der Waals surface area contributed by atoms with Crippen molar-refractivity contribution >= 4 is 29.2 Å². The van der Waals surface area contributed by atoms with Crippen LogP contribution < -0.4 is 0 Å². The third-order valence-electron chi connectivity index (χ3n) is 3.73. The molecule has 1 atom stereocenters. The van der Waals surface area contributed by atoms with Crippen LogP contribution in [0.15, 0.2) is 16.3 Å². The van der Waals surface area contributed by atoms with Crippen LogP contribution in [0.2, 0.25) is 0 Å². The molecule has 1 aromatic rings. The minimum atomic E-state index is -0.460. The van der Waals surface area contributed by atoms with E-state index in [-0.39, 0.29) is 12.0 Å². The number of carbonyl (C=O) groups excluding carboxylic acids is 1. The zero-order valence-electron chi connectivity index (χ0n) is 13.7. The fourth-order valence-electron chi connectivity index (χ4n) is 2.56. The van der Waals surface area contributed by atoms with Gasteiger partial charge in [-0.2, -0.15) is 0 Å². The Hall–Kier alpha value is -0.720. The van der Waals surface area contributed by atoms with Gasteiger partial charge in [-0.1, -0.05) is 0 Å². The molecule has 0 aromatic carbocycles. The van der Waals surface area contributed by atoms with Crippen molar-refractivity contribution in [2.75, 3.05) is 19.3 Å². The van der Waals surface area contributed by atoms with Crippen molar-refractivity contribution in [2.24, 2.45) is 5.92 Å². The summed E-state index contributed by atoms with van der Waals surface area (Å²) in [5.74, 6) is 0.215. The van der Waals surface area contributed by atoms with Gasteiger partial charge in [0.15, 0.2) is 0 Å². The van der Waals surface area contributed by atoms with E-state index in [0.29, 0.717) is 13.1 Å². The second kappa shape index (κ2) is 7.23. The van der Waals surface area contributed by atoms with Gasteiger partial charge in [0.2, 0.25) is 0 Å². The molecular weight excluding hydrogens is 318 g/mol. The number of hydrogen-bond acceptors (Lipinski definition) is 5. The number of rotatable bonds is 3. The van der Waals surface area contributed by atoms with Crippen LogP contribution in [0.4, 0.5) is 4.79 Å². The van der Waals surface area contributed by atoms with Crippen LogP contribution in [0.3, 0.4) is 0 Å². The molecule has 0 spiro atoms. The number of hydrogen-bond donors (Lipinski definition) is 1. The van der Waals surface area contributed by atoms with E-state index in [1.54, 1.807) is 28.0 Å². The Kier molecular flexibility index (Phi) is 5.80. The number of aliphatic hydroxyl groups is 1. The molecule has 0 radical (unpaired) electrons. The van der Waals surface area contributed by atoms with E-state index >= 15 is 0 Å². The molecule has 0 saturated carbocycles. The summed E-state index contributed by atoms with van der Waals surface area (Å²) in [5.41, 5.74) is -0.460. The number of piperidine rings is 1. The molecule has 1 aliphatic rings. The van der Waals surface area contributed by atoms with Gasteiger partial charge in [-0.05, 0) is 57.9 Å². The zero-order valence-corrected chi connectivity index (χ0v) is 15.3. The number of aliphatic hydroxyl groups excluding tert-OH is 1. The van der Waals surface area contributed by atoms with Crippen LogP contribution in [-0.2, 0) is 4.74 Å². The number of thioether (sulfide) groups is 1. The predicted octanol–water partition coefficient (Wildman–Crippen LogP) is 4.15. The molecule has 2 heterocycles. The molecule has 124 valence electrons. The predicted molar refractivity (Wildman–Crippen MR) is 91.6 cm³/mol. The van der Waals surface area contributed by atoms with Gasteiger partial charge in [-0.25, -0.2) is 4.79 Å². The molecule has 0 aliphatic carbocycles. The average molecular weight is 344 g/mol. The molecule has 1 saturated heterocycles. The Balaban J connectivity index is 1.87. The van der Waals surface area contributed by atoms with Crippen molar-refractivity contribution in [3.63, 3.8) is 0 Å². The number of ether oxygens (including phenoxy) is 1. The van der Waals surface area contributed by atoms with Gasteiger partial charge < -0.3 is 14.7 Å². The van der Waals surface area contributed by atoms with Crippen LogP contribution >= 0.6 is 23.1 Å². The first-order chi connectivity index (χ1) is 10.3. The lowest BCUT2D eigenvalue weighted by Gasteiger charge is -2.35. The second-order valence-corrected chi connectivity index (χ2v) is 8.83. The maximum atomic E-state index is 12.0. The molecule has 22 heavy (non-hydrogen) atoms. The molecule has 6 heteroatoms. The highest BCUT2D eigenvalue weighted by atomic mass is 32.2. The summed E-state index contributed by atoms with van der Waals surface area (Å²) in [7, 11) is 0. The minimum absolute atomic E-state index is 0.215.